The first-order chi connectivity index (χ1) is 4.76. The van der Waals surface area contributed by atoms with Crippen molar-refractivity contribution in [1.82, 2.24) is 0 Å². The maximum atomic E-state index is 8.82. The smallest absolute Gasteiger partial charge is 0.0564 e. The summed E-state index contributed by atoms with van der Waals surface area (Å²) in [6.45, 7) is 2.30. The summed E-state index contributed by atoms with van der Waals surface area (Å²) in [5.41, 5.74) is 5.77. The van der Waals surface area contributed by atoms with E-state index < -0.39 is 0 Å². The molecule has 0 aliphatic carbocycles. The van der Waals surface area contributed by atoms with Crippen molar-refractivity contribution < 1.29 is 5.11 Å². The van der Waals surface area contributed by atoms with Crippen LogP contribution in [0.1, 0.15) is 19.8 Å². The van der Waals surface area contributed by atoms with Gasteiger partial charge in [0.15, 0.2) is 0 Å². The number of hydrogen-bond donors (Lipinski definition) is 2. The number of nitrogens with two attached hydrogens (primary N) is 1. The highest BCUT2D eigenvalue weighted by atomic mass is 32.2. The largest absolute Gasteiger partial charge is 0.395 e. The van der Waals surface area contributed by atoms with Gasteiger partial charge in [-0.05, 0) is 12.7 Å². The van der Waals surface area contributed by atoms with E-state index in [0.29, 0.717) is 0 Å². The van der Waals surface area contributed by atoms with Crippen molar-refractivity contribution >= 4 is 11.8 Å². The van der Waals surface area contributed by atoms with Gasteiger partial charge in [0.2, 0.25) is 0 Å². The molecule has 10 heavy (non-hydrogen) atoms. The van der Waals surface area contributed by atoms with Crippen molar-refractivity contribution in [3.05, 3.63) is 0 Å². The highest BCUT2D eigenvalue weighted by Crippen LogP contribution is 2.12. The molecule has 0 saturated carbocycles. The molecule has 0 heterocycles. The van der Waals surface area contributed by atoms with Crippen LogP contribution in [0, 0.1) is 0 Å². The quantitative estimate of drug-likeness (QED) is 0.631. The van der Waals surface area contributed by atoms with Crippen LogP contribution >= 0.6 is 11.8 Å². The zero-order chi connectivity index (χ0) is 7.98. The van der Waals surface area contributed by atoms with Gasteiger partial charge >= 0.3 is 0 Å². The fourth-order valence-electron chi connectivity index (χ4n) is 0.904. The summed E-state index contributed by atoms with van der Waals surface area (Å²) in [5, 5.41) is 9.04. The van der Waals surface area contributed by atoms with Crippen LogP contribution in [0.5, 0.6) is 0 Å². The van der Waals surface area contributed by atoms with Gasteiger partial charge in [0.1, 0.15) is 0 Å². The molecule has 0 aromatic rings. The van der Waals surface area contributed by atoms with Crippen LogP contribution in [-0.4, -0.2) is 29.3 Å². The Kier molecular flexibility index (Phi) is 6.17. The molecule has 0 fully saturated rings. The summed E-state index contributed by atoms with van der Waals surface area (Å²) < 4.78 is 0. The molecule has 0 spiro atoms. The van der Waals surface area contributed by atoms with Gasteiger partial charge in [0, 0.05) is 11.3 Å². The molecule has 3 heteroatoms. The van der Waals surface area contributed by atoms with Crippen LogP contribution in [-0.2, 0) is 0 Å². The first-order valence-corrected chi connectivity index (χ1v) is 4.94. The van der Waals surface area contributed by atoms with Crippen molar-refractivity contribution in [2.24, 2.45) is 5.73 Å². The van der Waals surface area contributed by atoms with Crippen molar-refractivity contribution in [1.29, 1.82) is 0 Å². The third-order valence-corrected chi connectivity index (χ3v) is 2.69. The second-order valence-electron chi connectivity index (χ2n) is 2.41. The number of aliphatic hydroxyl groups excluding tert-OH is 1. The molecule has 2 unspecified atom stereocenters. The molecule has 0 aliphatic rings. The van der Waals surface area contributed by atoms with Gasteiger partial charge < -0.3 is 10.8 Å². The lowest BCUT2D eigenvalue weighted by molar-refractivity contribution is 0.279. The monoisotopic (exact) mass is 163 g/mol. The lowest BCUT2D eigenvalue weighted by atomic mass is 10.1. The standard InChI is InChI=1S/C7H17NOS/c1-3-4-6(8)7(5-9)10-2/h6-7,9H,3-5,8H2,1-2H3. The van der Waals surface area contributed by atoms with E-state index in [1.54, 1.807) is 11.8 Å². The molecule has 0 radical (unpaired) electrons. The molecule has 0 amide bonds. The van der Waals surface area contributed by atoms with Gasteiger partial charge in [-0.15, -0.1) is 0 Å². The van der Waals surface area contributed by atoms with Crippen molar-refractivity contribution in [3.63, 3.8) is 0 Å². The number of aliphatic hydroxyl groups is 1. The van der Waals surface area contributed by atoms with Gasteiger partial charge in [-0.2, -0.15) is 11.8 Å². The first kappa shape index (κ1) is 10.3. The summed E-state index contributed by atoms with van der Waals surface area (Å²) in [4.78, 5) is 0. The maximum absolute atomic E-state index is 8.82. The molecule has 0 saturated heterocycles. The zero-order valence-corrected chi connectivity index (χ0v) is 7.53. The second kappa shape index (κ2) is 6.01. The van der Waals surface area contributed by atoms with E-state index >= 15 is 0 Å². The molecule has 0 aromatic carbocycles. The molecule has 2 atom stereocenters. The van der Waals surface area contributed by atoms with Gasteiger partial charge in [-0.25, -0.2) is 0 Å². The Morgan fingerprint density at radius 1 is 1.60 bits per heavy atom. The third-order valence-electron chi connectivity index (χ3n) is 1.58. The average molecular weight is 163 g/mol. The van der Waals surface area contributed by atoms with Gasteiger partial charge in [-0.1, -0.05) is 13.3 Å². The van der Waals surface area contributed by atoms with Crippen molar-refractivity contribution in [2.45, 2.75) is 31.1 Å². The zero-order valence-electron chi connectivity index (χ0n) is 6.71. The molecule has 0 bridgehead atoms. The minimum absolute atomic E-state index is 0.157. The van der Waals surface area contributed by atoms with Crippen LogP contribution in [0.15, 0.2) is 0 Å². The van der Waals surface area contributed by atoms with Crippen LogP contribution < -0.4 is 5.73 Å². The predicted molar refractivity (Wildman–Crippen MR) is 47.3 cm³/mol. The lowest BCUT2D eigenvalue weighted by Gasteiger charge is -2.18. The maximum Gasteiger partial charge on any atom is 0.0564 e. The fraction of sp³-hybridized carbons (Fsp3) is 1.00. The van der Waals surface area contributed by atoms with E-state index in [1.165, 1.54) is 0 Å². The van der Waals surface area contributed by atoms with Crippen molar-refractivity contribution in [3.8, 4) is 0 Å². The number of rotatable bonds is 5. The summed E-state index contributed by atoms with van der Waals surface area (Å²) in [6.07, 6.45) is 4.08. The van der Waals surface area contributed by atoms with Crippen LogP contribution in [0.4, 0.5) is 0 Å². The Bertz CT molecular complexity index is 76.0. The Morgan fingerprint density at radius 3 is 2.50 bits per heavy atom. The summed E-state index contributed by atoms with van der Waals surface area (Å²) in [5.74, 6) is 0. The fourth-order valence-corrected chi connectivity index (χ4v) is 1.54. The normalized spacial score (nSPS) is 16.8. The topological polar surface area (TPSA) is 46.2 Å². The molecule has 0 aromatic heterocycles. The van der Waals surface area contributed by atoms with Crippen LogP contribution in [0.25, 0.3) is 0 Å². The molecular formula is C7H17NOS. The highest BCUT2D eigenvalue weighted by molar-refractivity contribution is 7.99. The highest BCUT2D eigenvalue weighted by Gasteiger charge is 2.13. The lowest BCUT2D eigenvalue weighted by Crippen LogP contribution is -2.34. The summed E-state index contributed by atoms with van der Waals surface area (Å²) in [6, 6.07) is 0.157. The SMILES string of the molecule is CCCC(N)C(CO)SC. The summed E-state index contributed by atoms with van der Waals surface area (Å²) >= 11 is 1.64. The molecule has 0 aliphatic heterocycles. The van der Waals surface area contributed by atoms with Gasteiger partial charge in [0.25, 0.3) is 0 Å². The third kappa shape index (κ3) is 3.44. The number of thioether (sulfide) groups is 1. The van der Waals surface area contributed by atoms with Crippen molar-refractivity contribution in [2.75, 3.05) is 12.9 Å². The minimum Gasteiger partial charge on any atom is -0.395 e. The Balaban J connectivity index is 3.53. The Morgan fingerprint density at radius 2 is 2.20 bits per heavy atom. The minimum atomic E-state index is 0.157. The molecule has 0 rings (SSSR count). The average Bonchev–Trinajstić information content (AvgIpc) is 1.91. The van der Waals surface area contributed by atoms with E-state index in [4.69, 9.17) is 10.8 Å². The first-order valence-electron chi connectivity index (χ1n) is 3.65. The van der Waals surface area contributed by atoms with E-state index in [-0.39, 0.29) is 17.9 Å². The van der Waals surface area contributed by atoms with Gasteiger partial charge in [0.05, 0.1) is 6.61 Å². The van der Waals surface area contributed by atoms with Crippen LogP contribution in [0.2, 0.25) is 0 Å². The van der Waals surface area contributed by atoms with Crippen LogP contribution in [0.3, 0.4) is 0 Å². The van der Waals surface area contributed by atoms with Gasteiger partial charge in [-0.3, -0.25) is 0 Å². The van der Waals surface area contributed by atoms with E-state index in [1.807, 2.05) is 6.26 Å². The summed E-state index contributed by atoms with van der Waals surface area (Å²) in [7, 11) is 0. The molecule has 3 N–H and O–H groups in total. The Labute approximate surface area is 67.2 Å². The van der Waals surface area contributed by atoms with E-state index in [0.717, 1.165) is 12.8 Å². The molecule has 62 valence electrons. The van der Waals surface area contributed by atoms with E-state index in [9.17, 15) is 0 Å². The number of hydrogen-bond acceptors (Lipinski definition) is 3. The van der Waals surface area contributed by atoms with E-state index in [2.05, 4.69) is 6.92 Å². The second-order valence-corrected chi connectivity index (χ2v) is 3.49. The Hall–Kier alpha value is 0.270. The molecule has 2 nitrogen and oxygen atoms in total. The molecular weight excluding hydrogens is 146 g/mol. The predicted octanol–water partition coefficient (Wildman–Crippen LogP) is 0.838.